The van der Waals surface area contributed by atoms with Gasteiger partial charge in [-0.05, 0) is 80.1 Å². The summed E-state index contributed by atoms with van der Waals surface area (Å²) in [6.07, 6.45) is 4.36. The van der Waals surface area contributed by atoms with Crippen LogP contribution < -0.4 is 0 Å². The van der Waals surface area contributed by atoms with Gasteiger partial charge in [-0.1, -0.05) is 12.1 Å². The maximum Gasteiger partial charge on any atom is 0.112 e. The number of nitrogens with zero attached hydrogens (tertiary/aromatic N) is 4. The number of pyridine rings is 1. The van der Waals surface area contributed by atoms with E-state index in [0.29, 0.717) is 5.92 Å². The molecule has 0 spiro atoms. The van der Waals surface area contributed by atoms with E-state index in [0.717, 1.165) is 23.3 Å². The molecule has 0 bridgehead atoms. The second kappa shape index (κ2) is 6.61. The fourth-order valence-electron chi connectivity index (χ4n) is 5.19. The fourth-order valence-corrected chi connectivity index (χ4v) is 5.19. The lowest BCUT2D eigenvalue weighted by Crippen LogP contribution is -1.99. The molecule has 2 aromatic heterocycles. The van der Waals surface area contributed by atoms with Crippen molar-refractivity contribution in [3.05, 3.63) is 65.1 Å². The summed E-state index contributed by atoms with van der Waals surface area (Å²) in [5.74, 6) is 1.81. The van der Waals surface area contributed by atoms with Crippen molar-refractivity contribution in [3.8, 4) is 11.1 Å². The third-order valence-corrected chi connectivity index (χ3v) is 6.84. The number of rotatable bonds is 3. The Kier molecular flexibility index (Phi) is 3.95. The van der Waals surface area contributed by atoms with E-state index in [1.54, 1.807) is 0 Å². The van der Waals surface area contributed by atoms with E-state index in [1.807, 2.05) is 12.3 Å². The number of aromatic nitrogens is 3. The first kappa shape index (κ1) is 18.5. The van der Waals surface area contributed by atoms with Crippen LogP contribution in [0.1, 0.15) is 49.6 Å². The van der Waals surface area contributed by atoms with Crippen molar-refractivity contribution in [2.24, 2.45) is 12.0 Å². The highest BCUT2D eigenvalue weighted by molar-refractivity contribution is 6.26. The van der Waals surface area contributed by atoms with Crippen LogP contribution in [0.3, 0.4) is 0 Å². The summed E-state index contributed by atoms with van der Waals surface area (Å²) in [4.78, 5) is 14.5. The third kappa shape index (κ3) is 2.78. The smallest absolute Gasteiger partial charge is 0.112 e. The first-order chi connectivity index (χ1) is 15.0. The van der Waals surface area contributed by atoms with Gasteiger partial charge in [0.1, 0.15) is 5.82 Å². The molecule has 1 aliphatic heterocycles. The summed E-state index contributed by atoms with van der Waals surface area (Å²) < 4.78 is 2.33. The minimum absolute atomic E-state index is 0.597. The molecule has 4 nitrogen and oxygen atoms in total. The summed E-state index contributed by atoms with van der Waals surface area (Å²) in [5.41, 5.74) is 12.0. The average Bonchev–Trinajstić information content (AvgIpc) is 3.48. The number of imidazole rings is 1. The molecule has 0 amide bonds. The van der Waals surface area contributed by atoms with Gasteiger partial charge in [-0.3, -0.25) is 9.98 Å². The van der Waals surface area contributed by atoms with Crippen LogP contribution in [0.5, 0.6) is 0 Å². The monoisotopic (exact) mass is 406 g/mol. The summed E-state index contributed by atoms with van der Waals surface area (Å²) in [6.45, 7) is 7.31. The van der Waals surface area contributed by atoms with Crippen LogP contribution in [0.4, 0.5) is 0 Å². The van der Waals surface area contributed by atoms with Crippen LogP contribution >= 0.6 is 0 Å². The summed E-state index contributed by atoms with van der Waals surface area (Å²) in [6, 6.07) is 13.2. The van der Waals surface area contributed by atoms with Gasteiger partial charge in [0.25, 0.3) is 0 Å². The predicted octanol–water partition coefficient (Wildman–Crippen LogP) is 6.22. The molecule has 2 aliphatic rings. The molecule has 2 aromatic carbocycles. The minimum Gasteiger partial charge on any atom is -0.330 e. The highest BCUT2D eigenvalue weighted by Crippen LogP contribution is 2.44. The maximum absolute atomic E-state index is 5.14. The molecule has 0 unspecified atom stereocenters. The van der Waals surface area contributed by atoms with E-state index in [4.69, 9.17) is 9.98 Å². The molecular formula is C27H26N4. The van der Waals surface area contributed by atoms with Gasteiger partial charge in [0.2, 0.25) is 0 Å². The van der Waals surface area contributed by atoms with Gasteiger partial charge in [-0.2, -0.15) is 0 Å². The van der Waals surface area contributed by atoms with Gasteiger partial charge < -0.3 is 4.57 Å². The van der Waals surface area contributed by atoms with Crippen molar-refractivity contribution in [2.75, 3.05) is 6.54 Å². The van der Waals surface area contributed by atoms with Crippen LogP contribution in [0.25, 0.3) is 38.6 Å². The molecule has 6 rings (SSSR count). The molecule has 4 aromatic rings. The van der Waals surface area contributed by atoms with Crippen LogP contribution in [0.2, 0.25) is 0 Å². The number of aryl methyl sites for hydroxylation is 2. The highest BCUT2D eigenvalue weighted by Gasteiger charge is 2.30. The molecule has 1 saturated carbocycles. The molecule has 0 atom stereocenters. The largest absolute Gasteiger partial charge is 0.330 e. The Balaban J connectivity index is 1.74. The van der Waals surface area contributed by atoms with Crippen molar-refractivity contribution in [1.82, 2.24) is 14.5 Å². The topological polar surface area (TPSA) is 43.1 Å². The highest BCUT2D eigenvalue weighted by atomic mass is 15.1. The Morgan fingerprint density at radius 2 is 1.84 bits per heavy atom. The molecular weight excluding hydrogens is 380 g/mol. The Labute approximate surface area is 182 Å². The van der Waals surface area contributed by atoms with Gasteiger partial charge in [-0.15, -0.1) is 0 Å². The van der Waals surface area contributed by atoms with E-state index < -0.39 is 0 Å². The number of benzene rings is 2. The van der Waals surface area contributed by atoms with Crippen LogP contribution in [-0.2, 0) is 7.05 Å². The quantitative estimate of drug-likeness (QED) is 0.405. The lowest BCUT2D eigenvalue weighted by atomic mass is 9.90. The average molecular weight is 407 g/mol. The van der Waals surface area contributed by atoms with E-state index in [9.17, 15) is 0 Å². The van der Waals surface area contributed by atoms with E-state index in [2.05, 4.69) is 67.7 Å². The third-order valence-electron chi connectivity index (χ3n) is 6.84. The Hall–Kier alpha value is -3.27. The SMILES string of the molecule is CC1=NCC(C)=C1c1cc(-c2c(C)ccc3ncccc23)c2c(c1)nc(C1CC1)n2C. The zero-order valence-corrected chi connectivity index (χ0v) is 18.5. The molecule has 0 saturated heterocycles. The first-order valence-corrected chi connectivity index (χ1v) is 11.1. The number of hydrogen-bond acceptors (Lipinski definition) is 3. The Bertz CT molecular complexity index is 1450. The van der Waals surface area contributed by atoms with Crippen molar-refractivity contribution in [2.45, 2.75) is 39.5 Å². The van der Waals surface area contributed by atoms with Gasteiger partial charge in [-0.25, -0.2) is 4.98 Å². The maximum atomic E-state index is 5.14. The summed E-state index contributed by atoms with van der Waals surface area (Å²) in [7, 11) is 2.18. The van der Waals surface area contributed by atoms with E-state index in [-0.39, 0.29) is 0 Å². The van der Waals surface area contributed by atoms with Gasteiger partial charge in [0, 0.05) is 41.4 Å². The standard InChI is InChI=1S/C27H26N4/c1-15-7-10-22-20(6-5-11-28-22)25(15)21-12-19(24-16(2)14-29-17(24)3)13-23-26(21)31(4)27(30-23)18-8-9-18/h5-7,10-13,18H,8-9,14H2,1-4H3. The summed E-state index contributed by atoms with van der Waals surface area (Å²) >= 11 is 0. The number of aliphatic imine (C=N–C) groups is 1. The minimum atomic E-state index is 0.597. The van der Waals surface area contributed by atoms with Gasteiger partial charge in [0.05, 0.1) is 23.1 Å². The van der Waals surface area contributed by atoms with Crippen LogP contribution in [-0.4, -0.2) is 26.8 Å². The number of allylic oxidation sites excluding steroid dienone is 1. The Morgan fingerprint density at radius 1 is 1.00 bits per heavy atom. The molecule has 0 N–H and O–H groups in total. The lowest BCUT2D eigenvalue weighted by Gasteiger charge is -2.15. The lowest BCUT2D eigenvalue weighted by molar-refractivity contribution is 0.820. The molecule has 3 heterocycles. The predicted molar refractivity (Wildman–Crippen MR) is 129 cm³/mol. The second-order valence-corrected chi connectivity index (χ2v) is 9.08. The fraction of sp³-hybridized carbons (Fsp3) is 0.296. The molecule has 4 heteroatoms. The summed E-state index contributed by atoms with van der Waals surface area (Å²) in [5, 5.41) is 1.19. The van der Waals surface area contributed by atoms with E-state index >= 15 is 0 Å². The van der Waals surface area contributed by atoms with Gasteiger partial charge in [0.15, 0.2) is 0 Å². The van der Waals surface area contributed by atoms with Crippen molar-refractivity contribution in [1.29, 1.82) is 0 Å². The van der Waals surface area contributed by atoms with Crippen molar-refractivity contribution >= 4 is 33.2 Å². The van der Waals surface area contributed by atoms with E-state index in [1.165, 1.54) is 63.0 Å². The number of fused-ring (bicyclic) bond motifs is 2. The number of hydrogen-bond donors (Lipinski definition) is 0. The van der Waals surface area contributed by atoms with Crippen LogP contribution in [0, 0.1) is 6.92 Å². The molecule has 1 aliphatic carbocycles. The van der Waals surface area contributed by atoms with Crippen molar-refractivity contribution < 1.29 is 0 Å². The zero-order chi connectivity index (χ0) is 21.3. The van der Waals surface area contributed by atoms with Crippen molar-refractivity contribution in [3.63, 3.8) is 0 Å². The normalized spacial score (nSPS) is 16.6. The molecule has 31 heavy (non-hydrogen) atoms. The molecule has 154 valence electrons. The van der Waals surface area contributed by atoms with Gasteiger partial charge >= 0.3 is 0 Å². The van der Waals surface area contributed by atoms with Crippen LogP contribution in [0.15, 0.2) is 53.2 Å². The zero-order valence-electron chi connectivity index (χ0n) is 18.5. The molecule has 0 radical (unpaired) electrons. The molecule has 1 fully saturated rings. The Morgan fingerprint density at radius 3 is 2.58 bits per heavy atom. The second-order valence-electron chi connectivity index (χ2n) is 9.08. The first-order valence-electron chi connectivity index (χ1n) is 11.1.